The Kier molecular flexibility index (Phi) is 6.44. The van der Waals surface area contributed by atoms with Crippen molar-refractivity contribution in [3.8, 4) is 5.75 Å². The number of benzene rings is 2. The number of pyridine rings is 1. The summed E-state index contributed by atoms with van der Waals surface area (Å²) in [6.45, 7) is 2.40. The number of anilines is 1. The molecule has 162 valence electrons. The number of halogens is 2. The van der Waals surface area contributed by atoms with E-state index in [1.807, 2.05) is 19.1 Å². The molecule has 0 saturated heterocycles. The molecule has 1 aliphatic rings. The highest BCUT2D eigenvalue weighted by molar-refractivity contribution is 6.41. The van der Waals surface area contributed by atoms with Gasteiger partial charge in [0.25, 0.3) is 11.8 Å². The number of imide groups is 1. The van der Waals surface area contributed by atoms with E-state index in [4.69, 9.17) is 27.9 Å². The molecule has 0 atom stereocenters. The van der Waals surface area contributed by atoms with Crippen LogP contribution in [-0.4, -0.2) is 28.3 Å². The molecule has 3 aromatic rings. The largest absolute Gasteiger partial charge is 0.492 e. The van der Waals surface area contributed by atoms with Crippen molar-refractivity contribution < 1.29 is 14.3 Å². The summed E-state index contributed by atoms with van der Waals surface area (Å²) >= 11 is 12.5. The third-order valence-electron chi connectivity index (χ3n) is 4.88. The fraction of sp³-hybridized carbons (Fsp3) is 0.125. The zero-order chi connectivity index (χ0) is 22.7. The Balaban J connectivity index is 1.80. The second-order valence-corrected chi connectivity index (χ2v) is 7.83. The lowest BCUT2D eigenvalue weighted by molar-refractivity contribution is -0.137. The first-order valence-electron chi connectivity index (χ1n) is 9.93. The Morgan fingerprint density at radius 3 is 2.56 bits per heavy atom. The first-order chi connectivity index (χ1) is 15.5. The minimum atomic E-state index is -0.467. The van der Waals surface area contributed by atoms with Gasteiger partial charge in [-0.3, -0.25) is 19.5 Å². The summed E-state index contributed by atoms with van der Waals surface area (Å²) in [7, 11) is 0. The van der Waals surface area contributed by atoms with Gasteiger partial charge in [0.05, 0.1) is 29.4 Å². The predicted molar refractivity (Wildman–Crippen MR) is 124 cm³/mol. The summed E-state index contributed by atoms with van der Waals surface area (Å²) in [6.07, 6.45) is 3.25. The zero-order valence-electron chi connectivity index (χ0n) is 17.1. The van der Waals surface area contributed by atoms with Crippen LogP contribution in [0.3, 0.4) is 0 Å². The van der Waals surface area contributed by atoms with Crippen LogP contribution in [0, 0.1) is 0 Å². The van der Waals surface area contributed by atoms with Crippen LogP contribution < -0.4 is 10.1 Å². The summed E-state index contributed by atoms with van der Waals surface area (Å²) in [5.74, 6) is -0.361. The van der Waals surface area contributed by atoms with Gasteiger partial charge in [0, 0.05) is 23.0 Å². The van der Waals surface area contributed by atoms with E-state index < -0.39 is 11.8 Å². The molecule has 1 aromatic heterocycles. The third-order valence-corrected chi connectivity index (χ3v) is 5.43. The Hall–Kier alpha value is -3.35. The first-order valence-corrected chi connectivity index (χ1v) is 10.7. The van der Waals surface area contributed by atoms with E-state index in [9.17, 15) is 9.59 Å². The number of ether oxygens (including phenoxy) is 1. The molecule has 0 spiro atoms. The van der Waals surface area contributed by atoms with Gasteiger partial charge in [0.15, 0.2) is 0 Å². The van der Waals surface area contributed by atoms with Crippen LogP contribution in [0.2, 0.25) is 10.0 Å². The number of hydrogen-bond donors (Lipinski definition) is 1. The van der Waals surface area contributed by atoms with Crippen LogP contribution in [0.25, 0.3) is 5.57 Å². The van der Waals surface area contributed by atoms with Crippen LogP contribution >= 0.6 is 23.2 Å². The smallest absolute Gasteiger partial charge is 0.278 e. The minimum Gasteiger partial charge on any atom is -0.492 e. The summed E-state index contributed by atoms with van der Waals surface area (Å²) in [6, 6.07) is 15.6. The van der Waals surface area contributed by atoms with E-state index in [-0.39, 0.29) is 22.8 Å². The van der Waals surface area contributed by atoms with Crippen LogP contribution in [0.5, 0.6) is 5.75 Å². The lowest BCUT2D eigenvalue weighted by Gasteiger charge is -2.16. The molecule has 0 fully saturated rings. The summed E-state index contributed by atoms with van der Waals surface area (Å²) < 4.78 is 5.67. The van der Waals surface area contributed by atoms with Gasteiger partial charge in [0.1, 0.15) is 11.4 Å². The van der Waals surface area contributed by atoms with Gasteiger partial charge in [0.2, 0.25) is 0 Å². The Morgan fingerprint density at radius 2 is 1.84 bits per heavy atom. The molecule has 4 rings (SSSR count). The number of nitrogens with one attached hydrogen (secondary N) is 1. The molecular weight excluding hydrogens is 449 g/mol. The van der Waals surface area contributed by atoms with Gasteiger partial charge in [-0.1, -0.05) is 47.5 Å². The molecule has 0 unspecified atom stereocenters. The number of carbonyl (C=O) groups excluding carboxylic acids is 2. The minimum absolute atomic E-state index is 0.0818. The fourth-order valence-corrected chi connectivity index (χ4v) is 3.94. The van der Waals surface area contributed by atoms with Crippen molar-refractivity contribution in [3.05, 3.63) is 93.9 Å². The SMILES string of the molecule is CCOc1ccccc1NC1=C(c2ccc(Cl)cc2Cl)C(=O)N(Cc2cccnc2)C1=O. The van der Waals surface area contributed by atoms with Gasteiger partial charge in [-0.2, -0.15) is 0 Å². The monoisotopic (exact) mass is 467 g/mol. The van der Waals surface area contributed by atoms with E-state index >= 15 is 0 Å². The molecule has 1 N–H and O–H groups in total. The maximum Gasteiger partial charge on any atom is 0.278 e. The maximum atomic E-state index is 13.4. The Bertz CT molecular complexity index is 1210. The zero-order valence-corrected chi connectivity index (χ0v) is 18.7. The quantitative estimate of drug-likeness (QED) is 0.484. The number of aromatic nitrogens is 1. The van der Waals surface area contributed by atoms with Crippen molar-refractivity contribution in [1.82, 2.24) is 9.88 Å². The van der Waals surface area contributed by atoms with Gasteiger partial charge in [-0.25, -0.2) is 0 Å². The molecule has 2 heterocycles. The number of amides is 2. The molecule has 0 radical (unpaired) electrons. The molecule has 0 bridgehead atoms. The molecule has 1 aliphatic heterocycles. The summed E-state index contributed by atoms with van der Waals surface area (Å²) in [5, 5.41) is 3.82. The Labute approximate surface area is 195 Å². The number of hydrogen-bond acceptors (Lipinski definition) is 5. The standard InChI is InChI=1S/C24H19Cl2N3O3/c1-2-32-20-8-4-3-7-19(20)28-22-21(17-10-9-16(25)12-18(17)26)23(30)29(24(22)31)14-15-6-5-11-27-13-15/h3-13,28H,2,14H2,1H3. The highest BCUT2D eigenvalue weighted by Crippen LogP contribution is 2.37. The number of carbonyl (C=O) groups is 2. The number of rotatable bonds is 7. The molecule has 32 heavy (non-hydrogen) atoms. The van der Waals surface area contributed by atoms with Crippen LogP contribution in [0.1, 0.15) is 18.1 Å². The van der Waals surface area contributed by atoms with Crippen molar-refractivity contribution >= 4 is 46.3 Å². The van der Waals surface area contributed by atoms with Gasteiger partial charge >= 0.3 is 0 Å². The predicted octanol–water partition coefficient (Wildman–Crippen LogP) is 5.18. The second kappa shape index (κ2) is 9.42. The molecule has 8 heteroatoms. The number of para-hydroxylation sites is 2. The molecular formula is C24H19Cl2N3O3. The maximum absolute atomic E-state index is 13.4. The molecule has 0 aliphatic carbocycles. The normalized spacial score (nSPS) is 13.7. The lowest BCUT2D eigenvalue weighted by Crippen LogP contribution is -2.32. The van der Waals surface area contributed by atoms with Crippen molar-refractivity contribution in [2.45, 2.75) is 13.5 Å². The topological polar surface area (TPSA) is 71.5 Å². The Morgan fingerprint density at radius 1 is 1.03 bits per heavy atom. The second-order valence-electron chi connectivity index (χ2n) is 6.99. The van der Waals surface area contributed by atoms with E-state index in [0.717, 1.165) is 5.56 Å². The average molecular weight is 468 g/mol. The highest BCUT2D eigenvalue weighted by Gasteiger charge is 2.40. The van der Waals surface area contributed by atoms with E-state index in [2.05, 4.69) is 10.3 Å². The average Bonchev–Trinajstić information content (AvgIpc) is 3.00. The van der Waals surface area contributed by atoms with Crippen LogP contribution in [0.4, 0.5) is 5.69 Å². The fourth-order valence-electron chi connectivity index (χ4n) is 3.44. The summed E-state index contributed by atoms with van der Waals surface area (Å²) in [5.41, 5.74) is 2.00. The van der Waals surface area contributed by atoms with Gasteiger partial charge in [-0.15, -0.1) is 0 Å². The highest BCUT2D eigenvalue weighted by atomic mass is 35.5. The van der Waals surface area contributed by atoms with Gasteiger partial charge in [-0.05, 0) is 42.8 Å². The van der Waals surface area contributed by atoms with Crippen molar-refractivity contribution in [2.24, 2.45) is 0 Å². The molecule has 0 saturated carbocycles. The van der Waals surface area contributed by atoms with Crippen molar-refractivity contribution in [2.75, 3.05) is 11.9 Å². The van der Waals surface area contributed by atoms with E-state index in [1.165, 1.54) is 4.90 Å². The van der Waals surface area contributed by atoms with E-state index in [0.29, 0.717) is 28.6 Å². The number of nitrogens with zero attached hydrogens (tertiary/aromatic N) is 2. The van der Waals surface area contributed by atoms with Crippen LogP contribution in [0.15, 0.2) is 72.7 Å². The first kappa shape index (κ1) is 21.9. The van der Waals surface area contributed by atoms with Gasteiger partial charge < -0.3 is 10.1 Å². The molecule has 2 amide bonds. The van der Waals surface area contributed by atoms with Crippen molar-refractivity contribution in [3.63, 3.8) is 0 Å². The molecule has 2 aromatic carbocycles. The molecule has 6 nitrogen and oxygen atoms in total. The third kappa shape index (κ3) is 4.33. The summed E-state index contributed by atoms with van der Waals surface area (Å²) in [4.78, 5) is 32.1. The lowest BCUT2D eigenvalue weighted by atomic mass is 10.0. The van der Waals surface area contributed by atoms with Crippen LogP contribution in [-0.2, 0) is 16.1 Å². The van der Waals surface area contributed by atoms with E-state index in [1.54, 1.807) is 54.9 Å². The van der Waals surface area contributed by atoms with Crippen molar-refractivity contribution in [1.29, 1.82) is 0 Å².